The van der Waals surface area contributed by atoms with Crippen LogP contribution in [0.15, 0.2) is 77.7 Å². The lowest BCUT2D eigenvalue weighted by Gasteiger charge is -2.25. The van der Waals surface area contributed by atoms with Crippen LogP contribution >= 0.6 is 0 Å². The molecule has 1 amide bonds. The highest BCUT2D eigenvalue weighted by Gasteiger charge is 2.20. The number of nitrogens with zero attached hydrogens (tertiary/aromatic N) is 1. The number of sulfonamides is 1. The summed E-state index contributed by atoms with van der Waals surface area (Å²) in [6.07, 6.45) is 0. The number of rotatable bonds is 7. The first-order chi connectivity index (χ1) is 14.6. The highest BCUT2D eigenvalue weighted by atomic mass is 32.2. The molecule has 0 aromatic heterocycles. The number of amides is 1. The molecule has 3 aromatic rings. The van der Waals surface area contributed by atoms with Gasteiger partial charge in [0, 0.05) is 12.6 Å². The van der Waals surface area contributed by atoms with Crippen LogP contribution in [0.5, 0.6) is 5.75 Å². The smallest absolute Gasteiger partial charge is 0.254 e. The zero-order chi connectivity index (χ0) is 22.6. The first kappa shape index (κ1) is 22.5. The average Bonchev–Trinajstić information content (AvgIpc) is 2.77. The topological polar surface area (TPSA) is 89.7 Å². The van der Waals surface area contributed by atoms with Gasteiger partial charge in [-0.15, -0.1) is 0 Å². The molecule has 31 heavy (non-hydrogen) atoms. The number of ether oxygens (including phenoxy) is 1. The van der Waals surface area contributed by atoms with Gasteiger partial charge in [-0.2, -0.15) is 0 Å². The molecule has 2 N–H and O–H groups in total. The number of carbonyl (C=O) groups excluding carboxylic acids is 1. The van der Waals surface area contributed by atoms with E-state index in [1.807, 2.05) is 6.92 Å². The summed E-state index contributed by atoms with van der Waals surface area (Å²) in [4.78, 5) is 14.5. The van der Waals surface area contributed by atoms with Gasteiger partial charge in [0.15, 0.2) is 0 Å². The summed E-state index contributed by atoms with van der Waals surface area (Å²) < 4.78 is 41.6. The molecule has 0 spiro atoms. The summed E-state index contributed by atoms with van der Waals surface area (Å²) in [5, 5.41) is 5.13. The lowest BCUT2D eigenvalue weighted by atomic mass is 10.1. The molecule has 0 saturated heterocycles. The Bertz CT molecular complexity index is 1160. The number of carbonyl (C=O) groups is 1. The standard InChI is InChI=1S/C23H23FN2O4S/c1-16(18-8-12-22(13-9-18)31(25,28)29)26(2)23(27)19-4-3-5-21(14-19)30-15-17-6-10-20(24)11-7-17/h3-14,16H,15H2,1-2H3,(H2,25,28,29). The van der Waals surface area contributed by atoms with E-state index in [-0.39, 0.29) is 29.3 Å². The lowest BCUT2D eigenvalue weighted by molar-refractivity contribution is 0.0742. The van der Waals surface area contributed by atoms with Crippen LogP contribution < -0.4 is 9.88 Å². The summed E-state index contributed by atoms with van der Waals surface area (Å²) in [7, 11) is -2.10. The molecule has 3 aromatic carbocycles. The molecule has 8 heteroatoms. The molecular weight excluding hydrogens is 419 g/mol. The number of primary sulfonamides is 1. The van der Waals surface area contributed by atoms with Crippen molar-refractivity contribution in [1.29, 1.82) is 0 Å². The number of nitrogens with two attached hydrogens (primary N) is 1. The molecule has 1 unspecified atom stereocenters. The van der Waals surface area contributed by atoms with Crippen LogP contribution in [-0.2, 0) is 16.6 Å². The Balaban J connectivity index is 1.69. The number of halogens is 1. The van der Waals surface area contributed by atoms with Crippen LogP contribution in [0.2, 0.25) is 0 Å². The SMILES string of the molecule is CC(c1ccc(S(N)(=O)=O)cc1)N(C)C(=O)c1cccc(OCc2ccc(F)cc2)c1. The van der Waals surface area contributed by atoms with Crippen molar-refractivity contribution < 1.29 is 22.3 Å². The third-order valence-corrected chi connectivity index (χ3v) is 5.92. The van der Waals surface area contributed by atoms with Crippen molar-refractivity contribution in [2.24, 2.45) is 5.14 Å². The Labute approximate surface area is 181 Å². The molecule has 0 bridgehead atoms. The van der Waals surface area contributed by atoms with E-state index in [2.05, 4.69) is 0 Å². The van der Waals surface area contributed by atoms with Crippen molar-refractivity contribution in [3.8, 4) is 5.75 Å². The zero-order valence-corrected chi connectivity index (χ0v) is 18.0. The van der Waals surface area contributed by atoms with Gasteiger partial charge in [0.1, 0.15) is 18.2 Å². The zero-order valence-electron chi connectivity index (χ0n) is 17.2. The number of hydrogen-bond donors (Lipinski definition) is 1. The Hall–Kier alpha value is -3.23. The quantitative estimate of drug-likeness (QED) is 0.601. The van der Waals surface area contributed by atoms with Crippen LogP contribution in [0.25, 0.3) is 0 Å². The van der Waals surface area contributed by atoms with Crippen LogP contribution in [0, 0.1) is 5.82 Å². The van der Waals surface area contributed by atoms with E-state index in [0.29, 0.717) is 11.3 Å². The Morgan fingerprint density at radius 3 is 2.32 bits per heavy atom. The van der Waals surface area contributed by atoms with E-state index in [0.717, 1.165) is 11.1 Å². The molecule has 0 radical (unpaired) electrons. The molecule has 162 valence electrons. The minimum absolute atomic E-state index is 0.0171. The van der Waals surface area contributed by atoms with Gasteiger partial charge in [-0.05, 0) is 60.5 Å². The predicted octanol–water partition coefficient (Wildman–Crippen LogP) is 3.89. The molecule has 6 nitrogen and oxygen atoms in total. The van der Waals surface area contributed by atoms with Gasteiger partial charge in [-0.1, -0.05) is 30.3 Å². The highest BCUT2D eigenvalue weighted by Crippen LogP contribution is 2.24. The average molecular weight is 443 g/mol. The minimum Gasteiger partial charge on any atom is -0.489 e. The largest absolute Gasteiger partial charge is 0.489 e. The van der Waals surface area contributed by atoms with Crippen LogP contribution in [0.1, 0.15) is 34.5 Å². The molecule has 1 atom stereocenters. The van der Waals surface area contributed by atoms with Crippen LogP contribution in [0.4, 0.5) is 4.39 Å². The summed E-state index contributed by atoms with van der Waals surface area (Å²) in [5.41, 5.74) is 2.03. The summed E-state index contributed by atoms with van der Waals surface area (Å²) >= 11 is 0. The van der Waals surface area contributed by atoms with Gasteiger partial charge in [0.05, 0.1) is 10.9 Å². The monoisotopic (exact) mass is 442 g/mol. The lowest BCUT2D eigenvalue weighted by Crippen LogP contribution is -2.29. The van der Waals surface area contributed by atoms with Crippen molar-refractivity contribution >= 4 is 15.9 Å². The third kappa shape index (κ3) is 5.68. The van der Waals surface area contributed by atoms with Crippen molar-refractivity contribution in [3.05, 3.63) is 95.3 Å². The Morgan fingerprint density at radius 2 is 1.71 bits per heavy atom. The van der Waals surface area contributed by atoms with Gasteiger partial charge in [-0.3, -0.25) is 4.79 Å². The van der Waals surface area contributed by atoms with Crippen molar-refractivity contribution in [2.45, 2.75) is 24.5 Å². The van der Waals surface area contributed by atoms with Crippen molar-refractivity contribution in [1.82, 2.24) is 4.90 Å². The Kier molecular flexibility index (Phi) is 6.72. The highest BCUT2D eigenvalue weighted by molar-refractivity contribution is 7.89. The fourth-order valence-corrected chi connectivity index (χ4v) is 3.52. The fraction of sp³-hybridized carbons (Fsp3) is 0.174. The van der Waals surface area contributed by atoms with E-state index < -0.39 is 10.0 Å². The summed E-state index contributed by atoms with van der Waals surface area (Å²) in [5.74, 6) is -0.00298. The second-order valence-corrected chi connectivity index (χ2v) is 8.71. The molecule has 0 saturated carbocycles. The maximum absolute atomic E-state index is 13.0. The predicted molar refractivity (Wildman–Crippen MR) is 115 cm³/mol. The first-order valence-corrected chi connectivity index (χ1v) is 11.1. The van der Waals surface area contributed by atoms with Crippen molar-refractivity contribution in [2.75, 3.05) is 7.05 Å². The van der Waals surface area contributed by atoms with E-state index in [9.17, 15) is 17.6 Å². The summed E-state index contributed by atoms with van der Waals surface area (Å²) in [6.45, 7) is 2.10. The van der Waals surface area contributed by atoms with Crippen molar-refractivity contribution in [3.63, 3.8) is 0 Å². The van der Waals surface area contributed by atoms with Gasteiger partial charge in [0.2, 0.25) is 10.0 Å². The van der Waals surface area contributed by atoms with Crippen LogP contribution in [-0.4, -0.2) is 26.3 Å². The van der Waals surface area contributed by atoms with Gasteiger partial charge < -0.3 is 9.64 Å². The normalized spacial score (nSPS) is 12.3. The number of hydrogen-bond acceptors (Lipinski definition) is 4. The molecule has 3 rings (SSSR count). The van der Waals surface area contributed by atoms with E-state index in [4.69, 9.17) is 9.88 Å². The van der Waals surface area contributed by atoms with Crippen LogP contribution in [0.3, 0.4) is 0 Å². The molecule has 0 fully saturated rings. The number of benzene rings is 3. The molecule has 0 aliphatic rings. The van der Waals surface area contributed by atoms with Gasteiger partial charge in [0.25, 0.3) is 5.91 Å². The van der Waals surface area contributed by atoms with E-state index in [1.165, 1.54) is 24.3 Å². The fourth-order valence-electron chi connectivity index (χ4n) is 3.01. The second kappa shape index (κ2) is 9.28. The molecule has 0 aliphatic heterocycles. The molecule has 0 heterocycles. The van der Waals surface area contributed by atoms with Gasteiger partial charge in [-0.25, -0.2) is 17.9 Å². The third-order valence-electron chi connectivity index (χ3n) is 4.99. The minimum atomic E-state index is -3.77. The van der Waals surface area contributed by atoms with E-state index in [1.54, 1.807) is 60.5 Å². The maximum Gasteiger partial charge on any atom is 0.254 e. The van der Waals surface area contributed by atoms with Gasteiger partial charge >= 0.3 is 0 Å². The molecular formula is C23H23FN2O4S. The first-order valence-electron chi connectivity index (χ1n) is 9.52. The Morgan fingerprint density at radius 1 is 1.06 bits per heavy atom. The maximum atomic E-state index is 13.0. The summed E-state index contributed by atoms with van der Waals surface area (Å²) in [6, 6.07) is 18.6. The molecule has 0 aliphatic carbocycles. The van der Waals surface area contributed by atoms with E-state index >= 15 is 0 Å². The second-order valence-electron chi connectivity index (χ2n) is 7.15.